The molecule has 3 aromatic heterocycles. The first-order chi connectivity index (χ1) is 28.0. The summed E-state index contributed by atoms with van der Waals surface area (Å²) in [7, 11) is 0. The summed E-state index contributed by atoms with van der Waals surface area (Å²) in [5.74, 6) is 1.04. The molecule has 1 atom stereocenters. The van der Waals surface area contributed by atoms with Crippen molar-refractivity contribution in [2.24, 2.45) is 0 Å². The normalized spacial score (nSPS) is 15.8. The molecule has 1 unspecified atom stereocenters. The molecule has 0 amide bonds. The molecule has 0 aliphatic heterocycles. The van der Waals surface area contributed by atoms with Crippen molar-refractivity contribution in [3.05, 3.63) is 192 Å². The molecular formula is C53H37N3O. The summed E-state index contributed by atoms with van der Waals surface area (Å²) in [5, 5.41) is 5.63. The van der Waals surface area contributed by atoms with E-state index in [0.29, 0.717) is 11.7 Å². The fourth-order valence-electron chi connectivity index (χ4n) is 9.87. The number of allylic oxidation sites excluding steroid dienone is 4. The van der Waals surface area contributed by atoms with E-state index >= 15 is 0 Å². The van der Waals surface area contributed by atoms with Crippen molar-refractivity contribution in [3.8, 4) is 28.2 Å². The van der Waals surface area contributed by atoms with Gasteiger partial charge in [0.15, 0.2) is 11.4 Å². The minimum absolute atomic E-state index is 0.0857. The van der Waals surface area contributed by atoms with E-state index in [4.69, 9.17) is 14.4 Å². The highest BCUT2D eigenvalue weighted by atomic mass is 16.3. The summed E-state index contributed by atoms with van der Waals surface area (Å²) in [6.45, 7) is 4.70. The fraction of sp³-hybridized carbons (Fsp3) is 0.0943. The smallest absolute Gasteiger partial charge is 0.161 e. The van der Waals surface area contributed by atoms with Crippen LogP contribution in [0, 0.1) is 0 Å². The van der Waals surface area contributed by atoms with Gasteiger partial charge in [0.25, 0.3) is 0 Å². The van der Waals surface area contributed by atoms with E-state index < -0.39 is 0 Å². The van der Waals surface area contributed by atoms with Gasteiger partial charge in [-0.25, -0.2) is 9.97 Å². The van der Waals surface area contributed by atoms with E-state index in [0.717, 1.165) is 67.3 Å². The first kappa shape index (κ1) is 32.2. The second-order valence-electron chi connectivity index (χ2n) is 16.0. The highest BCUT2D eigenvalue weighted by molar-refractivity contribution is 6.20. The van der Waals surface area contributed by atoms with Crippen LogP contribution in [-0.4, -0.2) is 14.5 Å². The summed E-state index contributed by atoms with van der Waals surface area (Å²) in [6.07, 6.45) is 7.80. The van der Waals surface area contributed by atoms with Crippen LogP contribution >= 0.6 is 0 Å². The minimum atomic E-state index is -0.0857. The third-order valence-corrected chi connectivity index (χ3v) is 12.6. The number of rotatable bonds is 4. The standard InChI is InChI=1S/C53H37N3O/c1-53(2)40-21-9-6-16-35(40)48-41(53)30-31-44-49(48)37-18-8-11-23-43(37)56(44)45-24-12-19-38-47-39(20-13-25-46(47)57-51(38)45)52-54-42-22-10-7-17-36(42)50(55-52)34-28-26-33(27-29-34)32-14-4-3-5-15-32/h3-26,28-31,33H,27H2,1-2H3. The lowest BCUT2D eigenvalue weighted by Crippen LogP contribution is -2.14. The molecule has 4 heteroatoms. The summed E-state index contributed by atoms with van der Waals surface area (Å²) in [5.41, 5.74) is 15.6. The van der Waals surface area contributed by atoms with Crippen LogP contribution in [0.1, 0.15) is 48.6 Å². The number of nitrogens with zero attached hydrogens (tertiary/aromatic N) is 3. The Balaban J connectivity index is 1.06. The van der Waals surface area contributed by atoms with Crippen molar-refractivity contribution in [1.29, 1.82) is 0 Å². The average Bonchev–Trinajstić information content (AvgIpc) is 3.89. The number of hydrogen-bond donors (Lipinski definition) is 0. The van der Waals surface area contributed by atoms with Gasteiger partial charge in [-0.3, -0.25) is 0 Å². The lowest BCUT2D eigenvalue weighted by atomic mass is 9.82. The highest BCUT2D eigenvalue weighted by Gasteiger charge is 2.37. The molecule has 10 aromatic rings. The quantitative estimate of drug-likeness (QED) is 0.181. The Morgan fingerprint density at radius 2 is 1.37 bits per heavy atom. The molecule has 0 fully saturated rings. The molecule has 0 spiro atoms. The van der Waals surface area contributed by atoms with Crippen molar-refractivity contribution < 1.29 is 4.42 Å². The average molecular weight is 732 g/mol. The lowest BCUT2D eigenvalue weighted by molar-refractivity contribution is 0.660. The van der Waals surface area contributed by atoms with Crippen molar-refractivity contribution in [2.45, 2.75) is 31.6 Å². The lowest BCUT2D eigenvalue weighted by Gasteiger charge is -2.21. The Labute approximate surface area is 330 Å². The number of fused-ring (bicyclic) bond motifs is 11. The van der Waals surface area contributed by atoms with E-state index in [1.807, 2.05) is 0 Å². The van der Waals surface area contributed by atoms with E-state index in [-0.39, 0.29) is 5.41 Å². The number of hydrogen-bond acceptors (Lipinski definition) is 3. The molecule has 0 N–H and O–H groups in total. The van der Waals surface area contributed by atoms with Gasteiger partial charge in [0.05, 0.1) is 27.9 Å². The Bertz CT molecular complexity index is 3360. The van der Waals surface area contributed by atoms with Gasteiger partial charge in [-0.1, -0.05) is 153 Å². The Kier molecular flexibility index (Phi) is 6.77. The van der Waals surface area contributed by atoms with Gasteiger partial charge < -0.3 is 8.98 Å². The molecule has 12 rings (SSSR count). The summed E-state index contributed by atoms with van der Waals surface area (Å²) in [4.78, 5) is 10.6. The summed E-state index contributed by atoms with van der Waals surface area (Å²) >= 11 is 0. The van der Waals surface area contributed by atoms with E-state index in [1.54, 1.807) is 0 Å². The number of benzene rings is 7. The summed E-state index contributed by atoms with van der Waals surface area (Å²) in [6, 6.07) is 54.2. The molecule has 3 heterocycles. The van der Waals surface area contributed by atoms with Crippen LogP contribution in [0.25, 0.3) is 88.4 Å². The molecule has 4 nitrogen and oxygen atoms in total. The molecule has 0 radical (unpaired) electrons. The summed E-state index contributed by atoms with van der Waals surface area (Å²) < 4.78 is 9.34. The highest BCUT2D eigenvalue weighted by Crippen LogP contribution is 2.53. The molecule has 0 bridgehead atoms. The van der Waals surface area contributed by atoms with Gasteiger partial charge in [0.1, 0.15) is 5.58 Å². The van der Waals surface area contributed by atoms with E-state index in [9.17, 15) is 0 Å². The minimum Gasteiger partial charge on any atom is -0.454 e. The van der Waals surface area contributed by atoms with Crippen molar-refractivity contribution in [1.82, 2.24) is 14.5 Å². The van der Waals surface area contributed by atoms with Crippen molar-refractivity contribution >= 4 is 60.2 Å². The maximum Gasteiger partial charge on any atom is 0.161 e. The predicted octanol–water partition coefficient (Wildman–Crippen LogP) is 13.7. The van der Waals surface area contributed by atoms with Gasteiger partial charge >= 0.3 is 0 Å². The molecule has 57 heavy (non-hydrogen) atoms. The first-order valence-electron chi connectivity index (χ1n) is 19.9. The number of aromatic nitrogens is 3. The predicted molar refractivity (Wildman–Crippen MR) is 235 cm³/mol. The van der Waals surface area contributed by atoms with E-state index in [2.05, 4.69) is 188 Å². The van der Waals surface area contributed by atoms with Gasteiger partial charge in [0.2, 0.25) is 0 Å². The van der Waals surface area contributed by atoms with Crippen LogP contribution < -0.4 is 0 Å². The van der Waals surface area contributed by atoms with Crippen molar-refractivity contribution in [3.63, 3.8) is 0 Å². The number of para-hydroxylation sites is 3. The van der Waals surface area contributed by atoms with Crippen LogP contribution in [0.2, 0.25) is 0 Å². The van der Waals surface area contributed by atoms with E-state index in [1.165, 1.54) is 44.1 Å². The van der Waals surface area contributed by atoms with Crippen LogP contribution in [0.5, 0.6) is 0 Å². The van der Waals surface area contributed by atoms with Gasteiger partial charge in [-0.15, -0.1) is 0 Å². The molecule has 7 aromatic carbocycles. The SMILES string of the molecule is CC1(C)c2ccccc2-c2c1ccc1c2c2ccccc2n1-c1cccc2c1oc1cccc(-c3nc(C4=CCC(c5ccccc5)C=C4)c4ccccc4n3)c12. The zero-order valence-electron chi connectivity index (χ0n) is 31.7. The maximum absolute atomic E-state index is 6.94. The molecule has 270 valence electrons. The van der Waals surface area contributed by atoms with Crippen molar-refractivity contribution in [2.75, 3.05) is 0 Å². The molecule has 0 saturated carbocycles. The fourth-order valence-corrected chi connectivity index (χ4v) is 9.87. The topological polar surface area (TPSA) is 43.9 Å². The second kappa shape index (κ2) is 12.0. The largest absolute Gasteiger partial charge is 0.454 e. The van der Waals surface area contributed by atoms with Crippen LogP contribution in [0.4, 0.5) is 0 Å². The third-order valence-electron chi connectivity index (χ3n) is 12.6. The molecule has 0 saturated heterocycles. The van der Waals surface area contributed by atoms with Crippen LogP contribution in [0.3, 0.4) is 0 Å². The third kappa shape index (κ3) is 4.61. The Morgan fingerprint density at radius 3 is 2.25 bits per heavy atom. The van der Waals surface area contributed by atoms with Gasteiger partial charge in [-0.05, 0) is 70.1 Å². The zero-order valence-corrected chi connectivity index (χ0v) is 31.7. The maximum atomic E-state index is 6.94. The Hall–Kier alpha value is -7.04. The monoisotopic (exact) mass is 731 g/mol. The molecular weight excluding hydrogens is 695 g/mol. The number of furan rings is 1. The first-order valence-corrected chi connectivity index (χ1v) is 19.9. The van der Waals surface area contributed by atoms with Crippen LogP contribution in [0.15, 0.2) is 174 Å². The molecule has 2 aliphatic carbocycles. The zero-order chi connectivity index (χ0) is 37.8. The van der Waals surface area contributed by atoms with Gasteiger partial charge in [0, 0.05) is 43.8 Å². The Morgan fingerprint density at radius 1 is 0.614 bits per heavy atom. The van der Waals surface area contributed by atoms with Gasteiger partial charge in [-0.2, -0.15) is 0 Å². The second-order valence-corrected chi connectivity index (χ2v) is 16.0. The van der Waals surface area contributed by atoms with Crippen LogP contribution in [-0.2, 0) is 5.41 Å². The molecule has 2 aliphatic rings.